The summed E-state index contributed by atoms with van der Waals surface area (Å²) in [6.45, 7) is 20.1. The minimum absolute atomic E-state index is 0.153. The summed E-state index contributed by atoms with van der Waals surface area (Å²) in [5.74, 6) is -0.683. The fourth-order valence-electron chi connectivity index (χ4n) is 2.26. The molecule has 3 heteroatoms. The molecule has 0 bridgehead atoms. The second kappa shape index (κ2) is 9.07. The van der Waals surface area contributed by atoms with Gasteiger partial charge < -0.3 is 10.2 Å². The van der Waals surface area contributed by atoms with Gasteiger partial charge >= 0.3 is 5.97 Å². The molecule has 1 rings (SSSR count). The summed E-state index contributed by atoms with van der Waals surface area (Å²) in [5.41, 5.74) is 2.26. The molecule has 1 aromatic rings. The number of hydrogen-bond acceptors (Lipinski definition) is 2. The SMILES string of the molecule is C=C(Cc1cc(C(C)(C)C)c(O)c(C(C)(C)C)c1)C(=O)O.CCCC. The summed E-state index contributed by atoms with van der Waals surface area (Å²) in [5, 5.41) is 19.6. The monoisotopic (exact) mass is 348 g/mol. The molecule has 0 aliphatic heterocycles. The Morgan fingerprint density at radius 2 is 1.32 bits per heavy atom. The first-order valence-corrected chi connectivity index (χ1v) is 9.03. The smallest absolute Gasteiger partial charge is 0.331 e. The molecule has 0 radical (unpaired) electrons. The normalized spacial score (nSPS) is 11.5. The lowest BCUT2D eigenvalue weighted by molar-refractivity contribution is -0.132. The van der Waals surface area contributed by atoms with Gasteiger partial charge in [0, 0.05) is 12.0 Å². The molecule has 3 nitrogen and oxygen atoms in total. The first-order chi connectivity index (χ1) is 11.3. The second-order valence-corrected chi connectivity index (χ2v) is 8.63. The molecule has 142 valence electrons. The number of hydrogen-bond donors (Lipinski definition) is 2. The minimum Gasteiger partial charge on any atom is -0.507 e. The Kier molecular flexibility index (Phi) is 8.43. The van der Waals surface area contributed by atoms with E-state index in [-0.39, 0.29) is 22.8 Å². The Bertz CT molecular complexity index is 562. The molecule has 0 aliphatic rings. The van der Waals surface area contributed by atoms with Crippen LogP contribution in [0.5, 0.6) is 5.75 Å². The zero-order valence-electron chi connectivity index (χ0n) is 17.3. The molecule has 0 aromatic heterocycles. The van der Waals surface area contributed by atoms with Crippen molar-refractivity contribution in [2.45, 2.75) is 85.5 Å². The van der Waals surface area contributed by atoms with E-state index in [1.807, 2.05) is 53.7 Å². The van der Waals surface area contributed by atoms with Crippen LogP contribution in [0.3, 0.4) is 0 Å². The maximum atomic E-state index is 11.0. The van der Waals surface area contributed by atoms with Gasteiger partial charge in [-0.15, -0.1) is 0 Å². The van der Waals surface area contributed by atoms with Crippen LogP contribution in [0.2, 0.25) is 0 Å². The van der Waals surface area contributed by atoms with Crippen molar-refractivity contribution < 1.29 is 15.0 Å². The van der Waals surface area contributed by atoms with Crippen molar-refractivity contribution >= 4 is 5.97 Å². The van der Waals surface area contributed by atoms with Gasteiger partial charge in [-0.2, -0.15) is 0 Å². The number of phenolic OH excluding ortho intramolecular Hbond substituents is 1. The van der Waals surface area contributed by atoms with Crippen molar-refractivity contribution in [3.05, 3.63) is 41.0 Å². The van der Waals surface area contributed by atoms with Crippen LogP contribution in [-0.2, 0) is 22.0 Å². The molecule has 2 N–H and O–H groups in total. The Balaban J connectivity index is 0.00000129. The van der Waals surface area contributed by atoms with E-state index < -0.39 is 5.97 Å². The molecule has 25 heavy (non-hydrogen) atoms. The standard InChI is InChI=1S/C18H26O3.C4H10/c1-11(16(20)21)8-12-9-13(17(2,3)4)15(19)14(10-12)18(5,6)7;1-3-4-2/h9-10,19H,1,8H2,2-7H3,(H,20,21);3-4H2,1-2H3. The Morgan fingerprint density at radius 1 is 0.960 bits per heavy atom. The van der Waals surface area contributed by atoms with Crippen LogP contribution in [0.25, 0.3) is 0 Å². The zero-order valence-corrected chi connectivity index (χ0v) is 17.3. The van der Waals surface area contributed by atoms with E-state index in [1.54, 1.807) is 0 Å². The maximum absolute atomic E-state index is 11.0. The van der Waals surface area contributed by atoms with E-state index in [2.05, 4.69) is 20.4 Å². The number of unbranched alkanes of at least 4 members (excludes halogenated alkanes) is 1. The van der Waals surface area contributed by atoms with Gasteiger partial charge in [-0.05, 0) is 27.5 Å². The Hall–Kier alpha value is -1.77. The number of aliphatic carboxylic acids is 1. The van der Waals surface area contributed by atoms with Crippen LogP contribution >= 0.6 is 0 Å². The molecule has 0 fully saturated rings. The molecule has 0 unspecified atom stereocenters. The summed E-state index contributed by atoms with van der Waals surface area (Å²) in [7, 11) is 0. The number of carboxylic acids is 1. The highest BCUT2D eigenvalue weighted by molar-refractivity contribution is 5.86. The van der Waals surface area contributed by atoms with Crippen LogP contribution in [0.4, 0.5) is 0 Å². The van der Waals surface area contributed by atoms with Gasteiger partial charge in [-0.3, -0.25) is 0 Å². The quantitative estimate of drug-likeness (QED) is 0.658. The van der Waals surface area contributed by atoms with Gasteiger partial charge in [0.15, 0.2) is 0 Å². The average molecular weight is 349 g/mol. The van der Waals surface area contributed by atoms with Crippen molar-refractivity contribution in [1.29, 1.82) is 0 Å². The zero-order chi connectivity index (χ0) is 20.0. The van der Waals surface area contributed by atoms with E-state index >= 15 is 0 Å². The summed E-state index contributed by atoms with van der Waals surface area (Å²) in [6, 6.07) is 3.78. The molecule has 1 aromatic carbocycles. The average Bonchev–Trinajstić information content (AvgIpc) is 2.46. The Morgan fingerprint density at radius 3 is 1.56 bits per heavy atom. The van der Waals surface area contributed by atoms with Gasteiger partial charge in [0.1, 0.15) is 5.75 Å². The van der Waals surface area contributed by atoms with E-state index in [4.69, 9.17) is 5.11 Å². The maximum Gasteiger partial charge on any atom is 0.331 e. The first kappa shape index (κ1) is 23.2. The third-order valence-corrected chi connectivity index (χ3v) is 4.01. The van der Waals surface area contributed by atoms with Crippen molar-refractivity contribution in [2.75, 3.05) is 0 Å². The number of phenols is 1. The Labute approximate surface area is 153 Å². The van der Waals surface area contributed by atoms with Gasteiger partial charge in [0.25, 0.3) is 0 Å². The second-order valence-electron chi connectivity index (χ2n) is 8.63. The number of carboxylic acid groups (broad SMARTS) is 1. The molecule has 0 atom stereocenters. The highest BCUT2D eigenvalue weighted by atomic mass is 16.4. The molecule has 0 heterocycles. The van der Waals surface area contributed by atoms with Crippen molar-refractivity contribution in [1.82, 2.24) is 0 Å². The summed E-state index contributed by atoms with van der Waals surface area (Å²) < 4.78 is 0. The first-order valence-electron chi connectivity index (χ1n) is 9.03. The van der Waals surface area contributed by atoms with E-state index in [9.17, 15) is 9.90 Å². The molecule has 0 spiro atoms. The third kappa shape index (κ3) is 7.33. The van der Waals surface area contributed by atoms with E-state index in [0.29, 0.717) is 5.75 Å². The topological polar surface area (TPSA) is 57.5 Å². The number of aromatic hydroxyl groups is 1. The van der Waals surface area contributed by atoms with Gasteiger partial charge in [-0.25, -0.2) is 4.79 Å². The molecule has 0 saturated carbocycles. The van der Waals surface area contributed by atoms with E-state index in [0.717, 1.165) is 16.7 Å². The van der Waals surface area contributed by atoms with Crippen molar-refractivity contribution in [2.24, 2.45) is 0 Å². The lowest BCUT2D eigenvalue weighted by Gasteiger charge is -2.28. The van der Waals surface area contributed by atoms with Gasteiger partial charge in [0.2, 0.25) is 0 Å². The summed E-state index contributed by atoms with van der Waals surface area (Å²) in [6.07, 6.45) is 2.92. The third-order valence-electron chi connectivity index (χ3n) is 4.01. The fraction of sp³-hybridized carbons (Fsp3) is 0.591. The van der Waals surface area contributed by atoms with Crippen molar-refractivity contribution in [3.63, 3.8) is 0 Å². The summed E-state index contributed by atoms with van der Waals surface area (Å²) >= 11 is 0. The highest BCUT2D eigenvalue weighted by Gasteiger charge is 2.26. The molecule has 0 aliphatic carbocycles. The molecular weight excluding hydrogens is 312 g/mol. The minimum atomic E-state index is -0.988. The highest BCUT2D eigenvalue weighted by Crippen LogP contribution is 2.40. The lowest BCUT2D eigenvalue weighted by Crippen LogP contribution is -2.18. The lowest BCUT2D eigenvalue weighted by atomic mass is 9.78. The van der Waals surface area contributed by atoms with Crippen LogP contribution in [0.1, 0.15) is 84.9 Å². The predicted molar refractivity (Wildman–Crippen MR) is 107 cm³/mol. The summed E-state index contributed by atoms with van der Waals surface area (Å²) in [4.78, 5) is 11.0. The number of rotatable bonds is 4. The van der Waals surface area contributed by atoms with Crippen molar-refractivity contribution in [3.8, 4) is 5.75 Å². The fourth-order valence-corrected chi connectivity index (χ4v) is 2.26. The van der Waals surface area contributed by atoms with Crippen LogP contribution in [-0.4, -0.2) is 16.2 Å². The van der Waals surface area contributed by atoms with Gasteiger partial charge in [0.05, 0.1) is 0 Å². The molecule has 0 saturated heterocycles. The number of carbonyl (C=O) groups is 1. The molecular formula is C22H36O3. The predicted octanol–water partition coefficient (Wildman–Crippen LogP) is 5.98. The van der Waals surface area contributed by atoms with E-state index in [1.165, 1.54) is 12.8 Å². The van der Waals surface area contributed by atoms with Crippen LogP contribution in [0.15, 0.2) is 24.3 Å². The van der Waals surface area contributed by atoms with Crippen LogP contribution in [0, 0.1) is 0 Å². The van der Waals surface area contributed by atoms with Gasteiger partial charge in [-0.1, -0.05) is 86.9 Å². The molecule has 0 amide bonds. The van der Waals surface area contributed by atoms with Crippen LogP contribution < -0.4 is 0 Å². The largest absolute Gasteiger partial charge is 0.507 e. The number of benzene rings is 1.